The van der Waals surface area contributed by atoms with Crippen molar-refractivity contribution >= 4 is 0 Å². The molecule has 1 atom stereocenters. The third kappa shape index (κ3) is 3.91. The van der Waals surface area contributed by atoms with E-state index >= 15 is 0 Å². The minimum atomic E-state index is -1.18. The maximum atomic E-state index is 14.0. The monoisotopic (exact) mass is 367 g/mol. The molecule has 0 aliphatic carbocycles. The summed E-state index contributed by atoms with van der Waals surface area (Å²) in [7, 11) is 0. The van der Waals surface area contributed by atoms with Gasteiger partial charge in [0.1, 0.15) is 11.6 Å². The number of hydrogen-bond donors (Lipinski definition) is 1. The quantitative estimate of drug-likeness (QED) is 0.636. The molecule has 1 aliphatic heterocycles. The molecule has 0 saturated carbocycles. The summed E-state index contributed by atoms with van der Waals surface area (Å²) < 4.78 is 55.3. The van der Waals surface area contributed by atoms with Gasteiger partial charge in [0.15, 0.2) is 11.6 Å². The Morgan fingerprint density at radius 1 is 0.962 bits per heavy atom. The maximum absolute atomic E-state index is 14.0. The Labute approximate surface area is 150 Å². The number of nitrogens with zero attached hydrogens (tertiary/aromatic N) is 1. The lowest BCUT2D eigenvalue weighted by atomic mass is 9.75. The van der Waals surface area contributed by atoms with E-state index in [9.17, 15) is 22.7 Å². The van der Waals surface area contributed by atoms with Crippen molar-refractivity contribution in [3.05, 3.63) is 70.8 Å². The van der Waals surface area contributed by atoms with Crippen molar-refractivity contribution in [1.82, 2.24) is 4.90 Å². The number of aliphatic hydroxyl groups excluding tert-OH is 1. The van der Waals surface area contributed by atoms with Gasteiger partial charge in [-0.1, -0.05) is 18.2 Å². The van der Waals surface area contributed by atoms with Gasteiger partial charge in [-0.2, -0.15) is 0 Å². The van der Waals surface area contributed by atoms with Gasteiger partial charge in [0.25, 0.3) is 0 Å². The number of likely N-dealkylation sites (tertiary alicyclic amines) is 1. The number of aliphatic hydroxyl groups is 1. The zero-order chi connectivity index (χ0) is 18.7. The van der Waals surface area contributed by atoms with Crippen molar-refractivity contribution in [2.75, 3.05) is 19.7 Å². The molecular weight excluding hydrogens is 346 g/mol. The van der Waals surface area contributed by atoms with Crippen LogP contribution in [-0.4, -0.2) is 29.7 Å². The Hall–Kier alpha value is -1.92. The smallest absolute Gasteiger partial charge is 0.166 e. The number of piperidine rings is 1. The minimum absolute atomic E-state index is 0.0888. The molecule has 2 nitrogen and oxygen atoms in total. The van der Waals surface area contributed by atoms with Gasteiger partial charge in [-0.15, -0.1) is 0 Å². The summed E-state index contributed by atoms with van der Waals surface area (Å²) in [5, 5.41) is 9.97. The second-order valence-electron chi connectivity index (χ2n) is 7.06. The molecule has 140 valence electrons. The number of hydrogen-bond acceptors (Lipinski definition) is 2. The summed E-state index contributed by atoms with van der Waals surface area (Å²) in [5.41, 5.74) is -0.406. The zero-order valence-corrected chi connectivity index (χ0v) is 14.3. The second-order valence-corrected chi connectivity index (χ2v) is 7.06. The van der Waals surface area contributed by atoms with Crippen LogP contribution in [0.4, 0.5) is 17.6 Å². The molecule has 6 heteroatoms. The highest BCUT2D eigenvalue weighted by Gasteiger charge is 2.36. The van der Waals surface area contributed by atoms with Gasteiger partial charge in [-0.3, -0.25) is 4.90 Å². The molecule has 1 aliphatic rings. The third-order valence-electron chi connectivity index (χ3n) is 5.12. The highest BCUT2D eigenvalue weighted by molar-refractivity contribution is 5.22. The molecule has 0 aromatic heterocycles. The van der Waals surface area contributed by atoms with Gasteiger partial charge in [0, 0.05) is 24.1 Å². The molecule has 26 heavy (non-hydrogen) atoms. The van der Waals surface area contributed by atoms with E-state index in [4.69, 9.17) is 0 Å². The second kappa shape index (κ2) is 7.76. The lowest BCUT2D eigenvalue weighted by Crippen LogP contribution is -2.46. The van der Waals surface area contributed by atoms with E-state index in [1.54, 1.807) is 23.1 Å². The van der Waals surface area contributed by atoms with E-state index in [0.29, 0.717) is 37.9 Å². The maximum Gasteiger partial charge on any atom is 0.166 e. The van der Waals surface area contributed by atoms with Crippen LogP contribution in [0.1, 0.15) is 24.0 Å². The molecule has 2 aromatic carbocycles. The van der Waals surface area contributed by atoms with Crippen LogP contribution < -0.4 is 0 Å². The Kier molecular flexibility index (Phi) is 5.63. The van der Waals surface area contributed by atoms with Gasteiger partial charge >= 0.3 is 0 Å². The Morgan fingerprint density at radius 2 is 1.69 bits per heavy atom. The summed E-state index contributed by atoms with van der Waals surface area (Å²) in [6.45, 7) is 0.683. The Balaban J connectivity index is 1.79. The first-order valence-corrected chi connectivity index (χ1v) is 8.63. The lowest BCUT2D eigenvalue weighted by molar-refractivity contribution is 0.0273. The first-order valence-electron chi connectivity index (χ1n) is 8.63. The van der Waals surface area contributed by atoms with Crippen molar-refractivity contribution in [3.8, 4) is 0 Å². The lowest BCUT2D eigenvalue weighted by Gasteiger charge is -2.42. The van der Waals surface area contributed by atoms with Crippen LogP contribution in [0, 0.1) is 28.7 Å². The standard InChI is InChI=1S/C20H21F4NO/c21-16-5-2-1-4-14(16)10-20(13-26)8-3-9-25(12-20)11-15-17(22)6-7-18(23)19(15)24/h1-2,4-7,26H,3,8-13H2. The molecule has 0 bridgehead atoms. The topological polar surface area (TPSA) is 23.5 Å². The molecule has 0 amide bonds. The number of benzene rings is 2. The van der Waals surface area contributed by atoms with Gasteiger partial charge < -0.3 is 5.11 Å². The van der Waals surface area contributed by atoms with Gasteiger partial charge in [0.05, 0.1) is 6.61 Å². The average molecular weight is 367 g/mol. The van der Waals surface area contributed by atoms with Crippen LogP contribution in [0.15, 0.2) is 36.4 Å². The zero-order valence-electron chi connectivity index (χ0n) is 14.3. The molecule has 1 unspecified atom stereocenters. The predicted octanol–water partition coefficient (Wildman–Crippen LogP) is 4.06. The van der Waals surface area contributed by atoms with E-state index in [1.807, 2.05) is 0 Å². The van der Waals surface area contributed by atoms with Gasteiger partial charge in [-0.05, 0) is 49.6 Å². The van der Waals surface area contributed by atoms with Gasteiger partial charge in [-0.25, -0.2) is 17.6 Å². The fraction of sp³-hybridized carbons (Fsp3) is 0.400. The van der Waals surface area contributed by atoms with Crippen molar-refractivity contribution in [2.24, 2.45) is 5.41 Å². The van der Waals surface area contributed by atoms with E-state index < -0.39 is 22.9 Å². The first kappa shape index (κ1) is 18.9. The highest BCUT2D eigenvalue weighted by Crippen LogP contribution is 2.35. The molecule has 1 heterocycles. The molecule has 1 fully saturated rings. The molecular formula is C20H21F4NO. The van der Waals surface area contributed by atoms with E-state index in [-0.39, 0.29) is 24.5 Å². The average Bonchev–Trinajstić information content (AvgIpc) is 2.64. The van der Waals surface area contributed by atoms with E-state index in [0.717, 1.165) is 12.1 Å². The summed E-state index contributed by atoms with van der Waals surface area (Å²) in [6, 6.07) is 8.07. The fourth-order valence-corrected chi connectivity index (χ4v) is 3.76. The SMILES string of the molecule is OCC1(Cc2ccccc2F)CCCN(Cc2c(F)ccc(F)c2F)C1. The molecule has 2 aromatic rings. The van der Waals surface area contributed by atoms with Crippen LogP contribution in [0.2, 0.25) is 0 Å². The van der Waals surface area contributed by atoms with Crippen molar-refractivity contribution in [3.63, 3.8) is 0 Å². The summed E-state index contributed by atoms with van der Waals surface area (Å²) in [4.78, 5) is 1.79. The minimum Gasteiger partial charge on any atom is -0.396 e. The highest BCUT2D eigenvalue weighted by atomic mass is 19.2. The number of halogens is 4. The summed E-state index contributed by atoms with van der Waals surface area (Å²) in [6.07, 6.45) is 1.72. The predicted molar refractivity (Wildman–Crippen MR) is 90.4 cm³/mol. The van der Waals surface area contributed by atoms with Gasteiger partial charge in [0.2, 0.25) is 0 Å². The number of rotatable bonds is 5. The molecule has 1 saturated heterocycles. The molecule has 1 N–H and O–H groups in total. The van der Waals surface area contributed by atoms with Crippen LogP contribution >= 0.6 is 0 Å². The van der Waals surface area contributed by atoms with Crippen molar-refractivity contribution in [2.45, 2.75) is 25.8 Å². The summed E-state index contributed by atoms with van der Waals surface area (Å²) >= 11 is 0. The van der Waals surface area contributed by atoms with Crippen molar-refractivity contribution < 1.29 is 22.7 Å². The fourth-order valence-electron chi connectivity index (χ4n) is 3.76. The Bertz CT molecular complexity index is 782. The largest absolute Gasteiger partial charge is 0.396 e. The Morgan fingerprint density at radius 3 is 2.42 bits per heavy atom. The summed E-state index contributed by atoms with van der Waals surface area (Å²) in [5.74, 6) is -3.39. The first-order chi connectivity index (χ1) is 12.4. The normalized spacial score (nSPS) is 21.1. The van der Waals surface area contributed by atoms with Crippen LogP contribution in [0.25, 0.3) is 0 Å². The van der Waals surface area contributed by atoms with Crippen molar-refractivity contribution in [1.29, 1.82) is 0 Å². The van der Waals surface area contributed by atoms with Crippen LogP contribution in [-0.2, 0) is 13.0 Å². The molecule has 0 spiro atoms. The van der Waals surface area contributed by atoms with E-state index in [1.165, 1.54) is 6.07 Å². The molecule has 3 rings (SSSR count). The van der Waals surface area contributed by atoms with Crippen LogP contribution in [0.5, 0.6) is 0 Å². The molecule has 0 radical (unpaired) electrons. The van der Waals surface area contributed by atoms with Crippen LogP contribution in [0.3, 0.4) is 0 Å². The van der Waals surface area contributed by atoms with E-state index in [2.05, 4.69) is 0 Å². The third-order valence-corrected chi connectivity index (χ3v) is 5.12.